The van der Waals surface area contributed by atoms with Crippen LogP contribution in [0.4, 0.5) is 0 Å². The minimum atomic E-state index is 0.299. The van der Waals surface area contributed by atoms with Crippen molar-refractivity contribution in [1.82, 2.24) is 4.57 Å². The summed E-state index contributed by atoms with van der Waals surface area (Å²) < 4.78 is 4.08. The van der Waals surface area contributed by atoms with E-state index in [0.717, 1.165) is 24.8 Å². The van der Waals surface area contributed by atoms with Crippen molar-refractivity contribution in [3.05, 3.63) is 202 Å². The molecule has 0 bridgehead atoms. The van der Waals surface area contributed by atoms with Crippen molar-refractivity contribution in [3.8, 4) is 44.5 Å². The largest absolute Gasteiger partial charge is 0.312 e. The summed E-state index contributed by atoms with van der Waals surface area (Å²) in [6.45, 7) is 10.8. The van der Waals surface area contributed by atoms with Gasteiger partial charge in [-0.3, -0.25) is 0 Å². The molecule has 1 unspecified atom stereocenters. The van der Waals surface area contributed by atoms with Gasteiger partial charge in [0.1, 0.15) is 0 Å². The Morgan fingerprint density at radius 3 is 2.14 bits per heavy atom. The van der Waals surface area contributed by atoms with E-state index in [1.165, 1.54) is 137 Å². The molecule has 0 spiro atoms. The second-order valence-electron chi connectivity index (χ2n) is 18.1. The van der Waals surface area contributed by atoms with Gasteiger partial charge in [-0.25, -0.2) is 0 Å². The van der Waals surface area contributed by atoms with E-state index in [1.807, 2.05) is 17.4 Å². The number of allylic oxidation sites excluding steroid dienone is 2. The van der Waals surface area contributed by atoms with Gasteiger partial charge in [0.2, 0.25) is 0 Å². The van der Waals surface area contributed by atoms with Crippen molar-refractivity contribution < 1.29 is 0 Å². The molecule has 2 aliphatic carbocycles. The maximum atomic E-state index is 4.16. The third-order valence-corrected chi connectivity index (χ3v) is 15.7. The third-order valence-electron chi connectivity index (χ3n) is 14.5. The fraction of sp³-hybridized carbons (Fsp3) is 0.115. The minimum absolute atomic E-state index is 0.299. The molecule has 0 amide bonds. The molecule has 1 aliphatic heterocycles. The molecule has 1 atom stereocenters. The van der Waals surface area contributed by atoms with E-state index in [2.05, 4.69) is 190 Å². The van der Waals surface area contributed by atoms with Crippen molar-refractivity contribution in [3.63, 3.8) is 0 Å². The number of benzene rings is 8. The van der Waals surface area contributed by atoms with Gasteiger partial charge in [-0.15, -0.1) is 11.3 Å². The first-order valence-corrected chi connectivity index (χ1v) is 23.2. The zero-order chi connectivity index (χ0) is 42.1. The fourth-order valence-electron chi connectivity index (χ4n) is 11.3. The van der Waals surface area contributed by atoms with E-state index < -0.39 is 0 Å². The van der Waals surface area contributed by atoms with Gasteiger partial charge in [-0.1, -0.05) is 128 Å². The Morgan fingerprint density at radius 2 is 1.33 bits per heavy atom. The van der Waals surface area contributed by atoms with E-state index in [1.54, 1.807) is 0 Å². The molecule has 0 N–H and O–H groups in total. The zero-order valence-electron chi connectivity index (χ0n) is 35.8. The molecule has 3 heterocycles. The number of fused-ring (bicyclic) bond motifs is 12. The molecule has 0 fully saturated rings. The maximum Gasteiger partial charge on any atom is 0.0584 e. The smallest absolute Gasteiger partial charge is 0.0584 e. The summed E-state index contributed by atoms with van der Waals surface area (Å²) >= 11 is 2.03. The molecule has 10 aromatic rings. The molecule has 8 aromatic carbocycles. The van der Waals surface area contributed by atoms with Crippen molar-refractivity contribution in [1.29, 1.82) is 0 Å². The zero-order valence-corrected chi connectivity index (χ0v) is 36.7. The molecule has 300 valence electrons. The second kappa shape index (κ2) is 13.8. The van der Waals surface area contributed by atoms with E-state index in [0.29, 0.717) is 5.92 Å². The van der Waals surface area contributed by atoms with Crippen LogP contribution in [0.15, 0.2) is 152 Å². The van der Waals surface area contributed by atoms with E-state index in [4.69, 9.17) is 0 Å². The topological polar surface area (TPSA) is 4.93 Å². The summed E-state index contributed by atoms with van der Waals surface area (Å²) in [4.78, 5) is 1.53. The highest BCUT2D eigenvalue weighted by Crippen LogP contribution is 2.55. The van der Waals surface area contributed by atoms with Crippen LogP contribution >= 0.6 is 11.3 Å². The Kier molecular flexibility index (Phi) is 8.00. The van der Waals surface area contributed by atoms with E-state index in [-0.39, 0.29) is 0 Å². The lowest BCUT2D eigenvalue weighted by Crippen LogP contribution is -2.10. The summed E-state index contributed by atoms with van der Waals surface area (Å²) in [6.07, 6.45) is 12.5. The molecule has 3 aliphatic rings. The van der Waals surface area contributed by atoms with Crippen LogP contribution in [0.1, 0.15) is 61.7 Å². The summed E-state index contributed by atoms with van der Waals surface area (Å²) in [5, 5.41) is 6.76. The highest BCUT2D eigenvalue weighted by molar-refractivity contribution is 7.19. The predicted molar refractivity (Wildman–Crippen MR) is 273 cm³/mol. The number of nitrogens with zero attached hydrogens (tertiary/aromatic N) is 1. The second-order valence-corrected chi connectivity index (χ2v) is 19.3. The summed E-state index contributed by atoms with van der Waals surface area (Å²) in [5.41, 5.74) is 25.0. The molecule has 13 rings (SSSR count). The van der Waals surface area contributed by atoms with Crippen molar-refractivity contribution in [2.24, 2.45) is 0 Å². The van der Waals surface area contributed by atoms with Crippen LogP contribution in [0.25, 0.3) is 111 Å². The number of thiophene rings is 1. The number of aromatic nitrogens is 1. The molecular weight excluding hydrogens is 779 g/mol. The average Bonchev–Trinajstić information content (AvgIpc) is 3.96. The lowest BCUT2D eigenvalue weighted by atomic mass is 9.82. The standard InChI is InChI=1S/C61H45NS/c1-5-38-20-21-42(29-51(38)48-15-9-7-13-36(48)3)40-23-25-44-33-56-54(31-46(44)27-40)60-59-49-16-10-11-17-57(49)63-58(59)34-53-52-30-45-26-39(22-24-43(45)32-55(52)62(56)61(53)60)41-19-18-37(4)50(28-41)47-14-8-6-12-35(47)2/h5-10,12-16,18-29,31-34,52H,1,11,17,30H2,2-4H3. The van der Waals surface area contributed by atoms with Gasteiger partial charge >= 0.3 is 0 Å². The molecule has 2 aromatic heterocycles. The first kappa shape index (κ1) is 36.6. The molecule has 0 radical (unpaired) electrons. The van der Waals surface area contributed by atoms with E-state index >= 15 is 0 Å². The average molecular weight is 824 g/mol. The van der Waals surface area contributed by atoms with Gasteiger partial charge in [-0.2, -0.15) is 0 Å². The van der Waals surface area contributed by atoms with Gasteiger partial charge < -0.3 is 4.57 Å². The highest BCUT2D eigenvalue weighted by atomic mass is 32.1. The van der Waals surface area contributed by atoms with Crippen LogP contribution in [-0.4, -0.2) is 4.57 Å². The molecule has 2 heteroatoms. The lowest BCUT2D eigenvalue weighted by molar-refractivity contribution is 0.847. The van der Waals surface area contributed by atoms with Crippen molar-refractivity contribution >= 4 is 77.9 Å². The maximum absolute atomic E-state index is 4.16. The third kappa shape index (κ3) is 5.47. The van der Waals surface area contributed by atoms with Crippen molar-refractivity contribution in [2.45, 2.75) is 46.0 Å². The predicted octanol–water partition coefficient (Wildman–Crippen LogP) is 17.0. The Bertz CT molecular complexity index is 3710. The molecule has 1 nitrogen and oxygen atoms in total. The van der Waals surface area contributed by atoms with Crippen LogP contribution in [-0.2, 0) is 12.8 Å². The van der Waals surface area contributed by atoms with Crippen LogP contribution < -0.4 is 0 Å². The molecule has 0 saturated heterocycles. The monoisotopic (exact) mass is 823 g/mol. The van der Waals surface area contributed by atoms with Crippen LogP contribution in [0.3, 0.4) is 0 Å². The summed E-state index contributed by atoms with van der Waals surface area (Å²) in [7, 11) is 0. The number of hydrogen-bond acceptors (Lipinski definition) is 1. The Hall–Kier alpha value is -7.00. The SMILES string of the molecule is C=Cc1ccc(-c2ccc3cc4c(cc3c2)c2c3c5c(sc3cc3c2n4C2=Cc4ccc(-c6ccc(C)c(-c7ccccc7C)c6)cc4CC23)CCC=C5)cc1-c1ccccc1C. The number of aryl methyl sites for hydroxylation is 4. The number of hydrogen-bond donors (Lipinski definition) is 0. The quantitative estimate of drug-likeness (QED) is 0.163. The van der Waals surface area contributed by atoms with Gasteiger partial charge in [0, 0.05) is 37.4 Å². The minimum Gasteiger partial charge on any atom is -0.312 e. The van der Waals surface area contributed by atoms with Gasteiger partial charge in [0.15, 0.2) is 0 Å². The van der Waals surface area contributed by atoms with Gasteiger partial charge in [-0.05, 0) is 182 Å². The Morgan fingerprint density at radius 1 is 0.635 bits per heavy atom. The van der Waals surface area contributed by atoms with Crippen molar-refractivity contribution in [2.75, 3.05) is 0 Å². The summed E-state index contributed by atoms with van der Waals surface area (Å²) in [6, 6.07) is 53.0. The molecule has 63 heavy (non-hydrogen) atoms. The van der Waals surface area contributed by atoms with Crippen LogP contribution in [0.2, 0.25) is 0 Å². The first-order chi connectivity index (χ1) is 30.9. The number of rotatable bonds is 5. The van der Waals surface area contributed by atoms with Crippen LogP contribution in [0, 0.1) is 20.8 Å². The highest BCUT2D eigenvalue weighted by Gasteiger charge is 2.37. The molecular formula is C61H45NS. The first-order valence-electron chi connectivity index (χ1n) is 22.4. The van der Waals surface area contributed by atoms with Gasteiger partial charge in [0.05, 0.1) is 11.0 Å². The Balaban J connectivity index is 0.980. The van der Waals surface area contributed by atoms with Gasteiger partial charge in [0.25, 0.3) is 0 Å². The fourth-order valence-corrected chi connectivity index (χ4v) is 12.6. The lowest BCUT2D eigenvalue weighted by Gasteiger charge is -2.24. The summed E-state index contributed by atoms with van der Waals surface area (Å²) in [5.74, 6) is 0.299. The molecule has 0 saturated carbocycles. The van der Waals surface area contributed by atoms with Crippen LogP contribution in [0.5, 0.6) is 0 Å². The van der Waals surface area contributed by atoms with E-state index in [9.17, 15) is 0 Å². The Labute approximate surface area is 372 Å². The normalized spacial score (nSPS) is 15.0.